The van der Waals surface area contributed by atoms with Crippen LogP contribution in [0.15, 0.2) is 12.1 Å². The molecule has 2 aliphatic rings. The van der Waals surface area contributed by atoms with Gasteiger partial charge in [0.15, 0.2) is 17.3 Å². The Morgan fingerprint density at radius 3 is 2.83 bits per heavy atom. The third-order valence-corrected chi connectivity index (χ3v) is 3.81. The molecule has 1 fully saturated rings. The Bertz CT molecular complexity index is 455. The van der Waals surface area contributed by atoms with Crippen LogP contribution in [-0.4, -0.2) is 19.8 Å². The topological polar surface area (TPSA) is 30.5 Å². The monoisotopic (exact) mass is 251 g/mol. The van der Waals surface area contributed by atoms with Crippen molar-refractivity contribution in [2.75, 3.05) is 19.8 Å². The number of benzene rings is 1. The fourth-order valence-corrected chi connectivity index (χ4v) is 2.69. The van der Waals surface area contributed by atoms with Crippen molar-refractivity contribution in [3.05, 3.63) is 23.5 Å². The molecule has 98 valence electrons. The van der Waals surface area contributed by atoms with Gasteiger partial charge in [-0.25, -0.2) is 4.39 Å². The van der Waals surface area contributed by atoms with Gasteiger partial charge >= 0.3 is 0 Å². The SMILES string of the molecule is CC1(c2cc(F)c3c(c2)OCCCO3)CCCN1. The molecule has 0 bridgehead atoms. The third kappa shape index (κ3) is 1.94. The van der Waals surface area contributed by atoms with Gasteiger partial charge in [-0.05, 0) is 44.0 Å². The number of ether oxygens (including phenoxy) is 2. The van der Waals surface area contributed by atoms with Crippen LogP contribution in [0.5, 0.6) is 11.5 Å². The molecule has 0 amide bonds. The van der Waals surface area contributed by atoms with E-state index in [4.69, 9.17) is 9.47 Å². The summed E-state index contributed by atoms with van der Waals surface area (Å²) in [5.74, 6) is 0.481. The van der Waals surface area contributed by atoms with E-state index in [2.05, 4.69) is 12.2 Å². The molecule has 1 saturated heterocycles. The highest BCUT2D eigenvalue weighted by Gasteiger charge is 2.32. The van der Waals surface area contributed by atoms with E-state index in [1.807, 2.05) is 6.07 Å². The van der Waals surface area contributed by atoms with Crippen LogP contribution < -0.4 is 14.8 Å². The van der Waals surface area contributed by atoms with E-state index < -0.39 is 0 Å². The summed E-state index contributed by atoms with van der Waals surface area (Å²) < 4.78 is 25.1. The van der Waals surface area contributed by atoms with Gasteiger partial charge in [0.2, 0.25) is 0 Å². The lowest BCUT2D eigenvalue weighted by Gasteiger charge is -2.26. The number of rotatable bonds is 1. The van der Waals surface area contributed by atoms with Gasteiger partial charge in [-0.2, -0.15) is 0 Å². The molecule has 2 aliphatic heterocycles. The summed E-state index contributed by atoms with van der Waals surface area (Å²) in [5, 5.41) is 3.44. The smallest absolute Gasteiger partial charge is 0.197 e. The van der Waals surface area contributed by atoms with E-state index in [-0.39, 0.29) is 17.1 Å². The summed E-state index contributed by atoms with van der Waals surface area (Å²) >= 11 is 0. The van der Waals surface area contributed by atoms with Gasteiger partial charge in [-0.15, -0.1) is 0 Å². The summed E-state index contributed by atoms with van der Waals surface area (Å²) in [6.07, 6.45) is 2.93. The molecule has 1 atom stereocenters. The molecule has 1 aromatic carbocycles. The van der Waals surface area contributed by atoms with Crippen LogP contribution in [0, 0.1) is 5.82 Å². The summed E-state index contributed by atoms with van der Waals surface area (Å²) in [5.41, 5.74) is 0.799. The van der Waals surface area contributed by atoms with Crippen molar-refractivity contribution in [1.29, 1.82) is 0 Å². The second-order valence-electron chi connectivity index (χ2n) is 5.20. The maximum atomic E-state index is 14.1. The zero-order chi connectivity index (χ0) is 12.6. The molecule has 18 heavy (non-hydrogen) atoms. The van der Waals surface area contributed by atoms with E-state index in [0.717, 1.165) is 31.4 Å². The third-order valence-electron chi connectivity index (χ3n) is 3.81. The fourth-order valence-electron chi connectivity index (χ4n) is 2.69. The first-order valence-electron chi connectivity index (χ1n) is 6.54. The minimum absolute atomic E-state index is 0.147. The lowest BCUT2D eigenvalue weighted by Crippen LogP contribution is -2.33. The molecule has 0 aliphatic carbocycles. The van der Waals surface area contributed by atoms with E-state index in [1.54, 1.807) is 6.07 Å². The minimum Gasteiger partial charge on any atom is -0.489 e. The maximum absolute atomic E-state index is 14.1. The van der Waals surface area contributed by atoms with Gasteiger partial charge < -0.3 is 14.8 Å². The Morgan fingerprint density at radius 2 is 2.06 bits per heavy atom. The van der Waals surface area contributed by atoms with E-state index in [0.29, 0.717) is 19.0 Å². The van der Waals surface area contributed by atoms with Gasteiger partial charge in [0.1, 0.15) is 0 Å². The fraction of sp³-hybridized carbons (Fsp3) is 0.571. The molecule has 3 rings (SSSR count). The number of fused-ring (bicyclic) bond motifs is 1. The van der Waals surface area contributed by atoms with Crippen molar-refractivity contribution < 1.29 is 13.9 Å². The Labute approximate surface area is 106 Å². The average Bonchev–Trinajstić information content (AvgIpc) is 2.66. The zero-order valence-corrected chi connectivity index (χ0v) is 10.6. The molecule has 1 aromatic rings. The standard InChI is InChI=1S/C14H18FNO2/c1-14(4-2-5-16-14)10-8-11(15)13-12(9-10)17-6-3-7-18-13/h8-9,16H,2-7H2,1H3. The van der Waals surface area contributed by atoms with Crippen LogP contribution in [0.3, 0.4) is 0 Å². The summed E-state index contributed by atoms with van der Waals surface area (Å²) in [6, 6.07) is 3.49. The first-order chi connectivity index (χ1) is 8.69. The predicted molar refractivity (Wildman–Crippen MR) is 66.6 cm³/mol. The molecule has 0 spiro atoms. The second kappa shape index (κ2) is 4.43. The molecule has 0 aromatic heterocycles. The van der Waals surface area contributed by atoms with E-state index in [9.17, 15) is 4.39 Å². The Balaban J connectivity index is 2.02. The Morgan fingerprint density at radius 1 is 1.22 bits per heavy atom. The zero-order valence-electron chi connectivity index (χ0n) is 10.6. The van der Waals surface area contributed by atoms with E-state index >= 15 is 0 Å². The molecule has 4 heteroatoms. The maximum Gasteiger partial charge on any atom is 0.197 e. The van der Waals surface area contributed by atoms with Gasteiger partial charge in [-0.1, -0.05) is 0 Å². The van der Waals surface area contributed by atoms with Gasteiger partial charge in [0.25, 0.3) is 0 Å². The number of hydrogen-bond acceptors (Lipinski definition) is 3. The normalized spacial score (nSPS) is 27.0. The van der Waals surface area contributed by atoms with Crippen molar-refractivity contribution >= 4 is 0 Å². The van der Waals surface area contributed by atoms with Crippen LogP contribution in [0.2, 0.25) is 0 Å². The van der Waals surface area contributed by atoms with Crippen LogP contribution in [0.1, 0.15) is 31.7 Å². The highest BCUT2D eigenvalue weighted by Crippen LogP contribution is 2.39. The lowest BCUT2D eigenvalue weighted by molar-refractivity contribution is 0.292. The highest BCUT2D eigenvalue weighted by atomic mass is 19.1. The largest absolute Gasteiger partial charge is 0.489 e. The highest BCUT2D eigenvalue weighted by molar-refractivity contribution is 5.46. The van der Waals surface area contributed by atoms with Gasteiger partial charge in [-0.3, -0.25) is 0 Å². The van der Waals surface area contributed by atoms with Crippen molar-refractivity contribution in [1.82, 2.24) is 5.32 Å². The Hall–Kier alpha value is -1.29. The molecule has 2 heterocycles. The molecule has 1 N–H and O–H groups in total. The molecular weight excluding hydrogens is 233 g/mol. The molecule has 0 saturated carbocycles. The van der Waals surface area contributed by atoms with Crippen molar-refractivity contribution in [2.24, 2.45) is 0 Å². The molecular formula is C14H18FNO2. The molecule has 1 unspecified atom stereocenters. The first-order valence-corrected chi connectivity index (χ1v) is 6.54. The van der Waals surface area contributed by atoms with Crippen molar-refractivity contribution in [3.63, 3.8) is 0 Å². The predicted octanol–water partition coefficient (Wildman–Crippen LogP) is 2.59. The molecule has 0 radical (unpaired) electrons. The Kier molecular flexibility index (Phi) is 2.90. The molecule has 3 nitrogen and oxygen atoms in total. The summed E-state index contributed by atoms with van der Waals surface area (Å²) in [6.45, 7) is 4.18. The summed E-state index contributed by atoms with van der Waals surface area (Å²) in [7, 11) is 0. The van der Waals surface area contributed by atoms with Crippen LogP contribution in [-0.2, 0) is 5.54 Å². The quantitative estimate of drug-likeness (QED) is 0.832. The van der Waals surface area contributed by atoms with Crippen LogP contribution in [0.4, 0.5) is 4.39 Å². The number of nitrogens with one attached hydrogen (secondary N) is 1. The lowest BCUT2D eigenvalue weighted by atomic mass is 9.90. The van der Waals surface area contributed by atoms with Crippen LogP contribution >= 0.6 is 0 Å². The van der Waals surface area contributed by atoms with Gasteiger partial charge in [0.05, 0.1) is 13.2 Å². The van der Waals surface area contributed by atoms with Crippen molar-refractivity contribution in [3.8, 4) is 11.5 Å². The van der Waals surface area contributed by atoms with Crippen LogP contribution in [0.25, 0.3) is 0 Å². The first kappa shape index (κ1) is 11.8. The van der Waals surface area contributed by atoms with Crippen molar-refractivity contribution in [2.45, 2.75) is 31.7 Å². The average molecular weight is 251 g/mol. The minimum atomic E-state index is -0.320. The van der Waals surface area contributed by atoms with E-state index in [1.165, 1.54) is 0 Å². The van der Waals surface area contributed by atoms with Gasteiger partial charge in [0, 0.05) is 12.0 Å². The number of halogens is 1. The second-order valence-corrected chi connectivity index (χ2v) is 5.20. The summed E-state index contributed by atoms with van der Waals surface area (Å²) in [4.78, 5) is 0. The number of hydrogen-bond donors (Lipinski definition) is 1.